The molecular formula is C20H25NO3. The molecule has 2 aromatic rings. The van der Waals surface area contributed by atoms with Crippen molar-refractivity contribution in [3.8, 4) is 11.5 Å². The van der Waals surface area contributed by atoms with E-state index >= 15 is 0 Å². The lowest BCUT2D eigenvalue weighted by Crippen LogP contribution is -2.28. The van der Waals surface area contributed by atoms with Crippen LogP contribution in [0.15, 0.2) is 36.4 Å². The number of para-hydroxylation sites is 1. The predicted molar refractivity (Wildman–Crippen MR) is 95.6 cm³/mol. The Hall–Kier alpha value is -2.49. The van der Waals surface area contributed by atoms with Gasteiger partial charge in [-0.1, -0.05) is 24.3 Å². The molecule has 2 aromatic carbocycles. The fourth-order valence-electron chi connectivity index (χ4n) is 2.49. The van der Waals surface area contributed by atoms with Gasteiger partial charge in [-0.2, -0.15) is 0 Å². The van der Waals surface area contributed by atoms with E-state index in [1.807, 2.05) is 58.0 Å². The first-order valence-electron chi connectivity index (χ1n) is 8.19. The van der Waals surface area contributed by atoms with E-state index in [0.717, 1.165) is 33.8 Å². The molecular weight excluding hydrogens is 302 g/mol. The molecule has 0 saturated carbocycles. The highest BCUT2D eigenvalue weighted by Crippen LogP contribution is 2.23. The van der Waals surface area contributed by atoms with Crippen LogP contribution < -0.4 is 14.8 Å². The van der Waals surface area contributed by atoms with Crippen molar-refractivity contribution in [3.05, 3.63) is 58.7 Å². The molecule has 1 amide bonds. The molecule has 0 atom stereocenters. The quantitative estimate of drug-likeness (QED) is 0.843. The van der Waals surface area contributed by atoms with Gasteiger partial charge in [0.25, 0.3) is 5.91 Å². The molecule has 128 valence electrons. The van der Waals surface area contributed by atoms with Crippen LogP contribution in [-0.2, 0) is 11.3 Å². The van der Waals surface area contributed by atoms with E-state index in [2.05, 4.69) is 11.4 Å². The third-order valence-electron chi connectivity index (χ3n) is 3.87. The Morgan fingerprint density at radius 2 is 1.79 bits per heavy atom. The van der Waals surface area contributed by atoms with Gasteiger partial charge in [0.05, 0.1) is 6.61 Å². The van der Waals surface area contributed by atoms with E-state index in [4.69, 9.17) is 9.47 Å². The third-order valence-corrected chi connectivity index (χ3v) is 3.87. The molecule has 2 rings (SSSR count). The van der Waals surface area contributed by atoms with Gasteiger partial charge in [0, 0.05) is 12.1 Å². The van der Waals surface area contributed by atoms with Crippen LogP contribution in [0.1, 0.15) is 29.2 Å². The van der Waals surface area contributed by atoms with Crippen LogP contribution >= 0.6 is 0 Å². The average molecular weight is 327 g/mol. The molecule has 0 aliphatic carbocycles. The molecule has 0 unspecified atom stereocenters. The van der Waals surface area contributed by atoms with E-state index in [0.29, 0.717) is 13.2 Å². The number of carbonyl (C=O) groups excluding carboxylic acids is 1. The van der Waals surface area contributed by atoms with Crippen molar-refractivity contribution in [2.24, 2.45) is 0 Å². The van der Waals surface area contributed by atoms with Crippen LogP contribution in [-0.4, -0.2) is 19.1 Å². The second-order valence-corrected chi connectivity index (χ2v) is 5.81. The maximum atomic E-state index is 12.1. The number of benzene rings is 2. The van der Waals surface area contributed by atoms with Crippen LogP contribution in [0.25, 0.3) is 0 Å². The minimum Gasteiger partial charge on any atom is -0.494 e. The Balaban J connectivity index is 1.91. The maximum Gasteiger partial charge on any atom is 0.258 e. The van der Waals surface area contributed by atoms with Gasteiger partial charge in [-0.15, -0.1) is 0 Å². The number of carbonyl (C=O) groups is 1. The summed E-state index contributed by atoms with van der Waals surface area (Å²) in [6.07, 6.45) is 0. The number of ether oxygens (including phenoxy) is 2. The minimum absolute atomic E-state index is 0.000531. The van der Waals surface area contributed by atoms with Crippen molar-refractivity contribution < 1.29 is 14.3 Å². The number of amides is 1. The zero-order chi connectivity index (χ0) is 17.5. The van der Waals surface area contributed by atoms with Gasteiger partial charge in [-0.05, 0) is 56.5 Å². The first kappa shape index (κ1) is 17.9. The topological polar surface area (TPSA) is 47.6 Å². The van der Waals surface area contributed by atoms with Crippen LogP contribution in [0.2, 0.25) is 0 Å². The SMILES string of the molecule is CCOc1ccccc1CNC(=O)COc1cc(C)cc(C)c1C. The summed E-state index contributed by atoms with van der Waals surface area (Å²) in [7, 11) is 0. The van der Waals surface area contributed by atoms with E-state index in [9.17, 15) is 4.79 Å². The molecule has 4 nitrogen and oxygen atoms in total. The molecule has 0 aromatic heterocycles. The van der Waals surface area contributed by atoms with E-state index < -0.39 is 0 Å². The summed E-state index contributed by atoms with van der Waals surface area (Å²) in [5.74, 6) is 1.41. The average Bonchev–Trinajstić information content (AvgIpc) is 2.56. The van der Waals surface area contributed by atoms with Gasteiger partial charge in [0.15, 0.2) is 6.61 Å². The monoisotopic (exact) mass is 327 g/mol. The first-order chi connectivity index (χ1) is 11.5. The lowest BCUT2D eigenvalue weighted by Gasteiger charge is -2.13. The highest BCUT2D eigenvalue weighted by Gasteiger charge is 2.09. The number of hydrogen-bond acceptors (Lipinski definition) is 3. The van der Waals surface area contributed by atoms with Crippen molar-refractivity contribution >= 4 is 5.91 Å². The largest absolute Gasteiger partial charge is 0.494 e. The minimum atomic E-state index is -0.153. The molecule has 0 heterocycles. The van der Waals surface area contributed by atoms with Gasteiger partial charge < -0.3 is 14.8 Å². The van der Waals surface area contributed by atoms with Crippen molar-refractivity contribution in [1.29, 1.82) is 0 Å². The standard InChI is InChI=1S/C20H25NO3/c1-5-23-18-9-7-6-8-17(18)12-21-20(22)13-24-19-11-14(2)10-15(3)16(19)4/h6-11H,5,12-13H2,1-4H3,(H,21,22). The summed E-state index contributed by atoms with van der Waals surface area (Å²) in [5.41, 5.74) is 4.31. The summed E-state index contributed by atoms with van der Waals surface area (Å²) in [5, 5.41) is 2.87. The van der Waals surface area contributed by atoms with E-state index in [1.54, 1.807) is 0 Å². The van der Waals surface area contributed by atoms with Crippen LogP contribution in [0.4, 0.5) is 0 Å². The number of hydrogen-bond donors (Lipinski definition) is 1. The fourth-order valence-corrected chi connectivity index (χ4v) is 2.49. The third kappa shape index (κ3) is 4.75. The summed E-state index contributed by atoms with van der Waals surface area (Å²) in [6, 6.07) is 11.8. The Kier molecular flexibility index (Phi) is 6.24. The molecule has 0 saturated heterocycles. The van der Waals surface area contributed by atoms with Crippen molar-refractivity contribution in [3.63, 3.8) is 0 Å². The lowest BCUT2D eigenvalue weighted by molar-refractivity contribution is -0.123. The van der Waals surface area contributed by atoms with Crippen LogP contribution in [0.3, 0.4) is 0 Å². The summed E-state index contributed by atoms with van der Waals surface area (Å²) in [4.78, 5) is 12.1. The highest BCUT2D eigenvalue weighted by molar-refractivity contribution is 5.77. The summed E-state index contributed by atoms with van der Waals surface area (Å²) in [6.45, 7) is 9.02. The van der Waals surface area contributed by atoms with Crippen molar-refractivity contribution in [2.75, 3.05) is 13.2 Å². The van der Waals surface area contributed by atoms with Gasteiger partial charge in [0.2, 0.25) is 0 Å². The molecule has 0 bridgehead atoms. The molecule has 0 radical (unpaired) electrons. The number of aryl methyl sites for hydroxylation is 2. The van der Waals surface area contributed by atoms with Gasteiger partial charge in [-0.3, -0.25) is 4.79 Å². The Morgan fingerprint density at radius 1 is 1.04 bits per heavy atom. The number of rotatable bonds is 7. The second-order valence-electron chi connectivity index (χ2n) is 5.81. The van der Waals surface area contributed by atoms with Gasteiger partial charge >= 0.3 is 0 Å². The van der Waals surface area contributed by atoms with Crippen LogP contribution in [0, 0.1) is 20.8 Å². The Bertz CT molecular complexity index is 710. The molecule has 0 fully saturated rings. The second kappa shape index (κ2) is 8.39. The molecule has 1 N–H and O–H groups in total. The number of nitrogens with one attached hydrogen (secondary N) is 1. The van der Waals surface area contributed by atoms with Crippen molar-refractivity contribution in [1.82, 2.24) is 5.32 Å². The molecule has 0 aliphatic rings. The normalized spacial score (nSPS) is 10.3. The van der Waals surface area contributed by atoms with Gasteiger partial charge in [-0.25, -0.2) is 0 Å². The zero-order valence-corrected chi connectivity index (χ0v) is 14.8. The zero-order valence-electron chi connectivity index (χ0n) is 14.8. The lowest BCUT2D eigenvalue weighted by atomic mass is 10.1. The Labute approximate surface area is 143 Å². The fraction of sp³-hybridized carbons (Fsp3) is 0.350. The summed E-state index contributed by atoms with van der Waals surface area (Å²) < 4.78 is 11.2. The van der Waals surface area contributed by atoms with E-state index in [-0.39, 0.29) is 12.5 Å². The van der Waals surface area contributed by atoms with Gasteiger partial charge in [0.1, 0.15) is 11.5 Å². The predicted octanol–water partition coefficient (Wildman–Crippen LogP) is 3.71. The van der Waals surface area contributed by atoms with Crippen molar-refractivity contribution in [2.45, 2.75) is 34.2 Å². The molecule has 0 spiro atoms. The maximum absolute atomic E-state index is 12.1. The molecule has 4 heteroatoms. The molecule has 24 heavy (non-hydrogen) atoms. The molecule has 0 aliphatic heterocycles. The van der Waals surface area contributed by atoms with Crippen LogP contribution in [0.5, 0.6) is 11.5 Å². The highest BCUT2D eigenvalue weighted by atomic mass is 16.5. The Morgan fingerprint density at radius 3 is 2.54 bits per heavy atom. The summed E-state index contributed by atoms with van der Waals surface area (Å²) >= 11 is 0. The van der Waals surface area contributed by atoms with E-state index in [1.165, 1.54) is 0 Å². The smallest absolute Gasteiger partial charge is 0.258 e. The first-order valence-corrected chi connectivity index (χ1v) is 8.19.